The smallest absolute Gasteiger partial charge is 0.276 e. The van der Waals surface area contributed by atoms with Gasteiger partial charge in [0.25, 0.3) is 10.0 Å². The summed E-state index contributed by atoms with van der Waals surface area (Å²) in [6, 6.07) is 15.5. The van der Waals surface area contributed by atoms with Crippen LogP contribution in [0.3, 0.4) is 0 Å². The van der Waals surface area contributed by atoms with Crippen LogP contribution in [0.15, 0.2) is 69.0 Å². The molecule has 0 bridgehead atoms. The number of nitrogens with one attached hydrogen (secondary N) is 1. The van der Waals surface area contributed by atoms with Crippen molar-refractivity contribution in [3.63, 3.8) is 0 Å². The highest BCUT2D eigenvalue weighted by Gasteiger charge is 2.14. The van der Waals surface area contributed by atoms with E-state index < -0.39 is 10.0 Å². The molecule has 0 fully saturated rings. The zero-order valence-electron chi connectivity index (χ0n) is 13.9. The van der Waals surface area contributed by atoms with Gasteiger partial charge in [0.1, 0.15) is 17.0 Å². The minimum absolute atomic E-state index is 0.108. The highest BCUT2D eigenvalue weighted by Crippen LogP contribution is 2.20. The van der Waals surface area contributed by atoms with Gasteiger partial charge in [0.15, 0.2) is 5.76 Å². The molecule has 0 amide bonds. The molecule has 7 heteroatoms. The third kappa shape index (κ3) is 3.83. The van der Waals surface area contributed by atoms with E-state index in [1.807, 2.05) is 37.3 Å². The molecule has 6 nitrogen and oxygen atoms in total. The number of hydrazone groups is 1. The molecule has 0 aliphatic rings. The van der Waals surface area contributed by atoms with E-state index in [0.717, 1.165) is 11.0 Å². The number of nitrogens with zero attached hydrogens (tertiary/aromatic N) is 1. The van der Waals surface area contributed by atoms with Crippen LogP contribution in [0, 0.1) is 0 Å². The molecule has 2 aromatic carbocycles. The quantitative estimate of drug-likeness (QED) is 0.540. The number of fused-ring (bicyclic) bond motifs is 1. The van der Waals surface area contributed by atoms with Crippen LogP contribution in [0.25, 0.3) is 11.0 Å². The number of hydrogen-bond donors (Lipinski definition) is 1. The summed E-state index contributed by atoms with van der Waals surface area (Å²) in [5.74, 6) is 1.12. The van der Waals surface area contributed by atoms with Crippen molar-refractivity contribution in [1.29, 1.82) is 0 Å². The molecule has 3 rings (SSSR count). The molecule has 3 aromatic rings. The second-order valence-electron chi connectivity index (χ2n) is 5.34. The number of benzene rings is 2. The predicted octanol–water partition coefficient (Wildman–Crippen LogP) is 3.53. The van der Waals surface area contributed by atoms with E-state index in [9.17, 15) is 8.42 Å². The highest BCUT2D eigenvalue weighted by atomic mass is 32.2. The maximum absolute atomic E-state index is 12.3. The zero-order valence-corrected chi connectivity index (χ0v) is 14.7. The molecular weight excluding hydrogens is 340 g/mol. The number of hydrogen-bond acceptors (Lipinski definition) is 5. The number of para-hydroxylation sites is 1. The van der Waals surface area contributed by atoms with E-state index in [-0.39, 0.29) is 4.90 Å². The fourth-order valence-corrected chi connectivity index (χ4v) is 3.14. The van der Waals surface area contributed by atoms with Crippen molar-refractivity contribution < 1.29 is 17.6 Å². The van der Waals surface area contributed by atoms with E-state index in [4.69, 9.17) is 9.15 Å². The summed E-state index contributed by atoms with van der Waals surface area (Å²) in [7, 11) is -3.76. The first-order chi connectivity index (χ1) is 12.0. The summed E-state index contributed by atoms with van der Waals surface area (Å²) in [5.41, 5.74) is 1.16. The van der Waals surface area contributed by atoms with Crippen LogP contribution in [0.4, 0.5) is 0 Å². The lowest BCUT2D eigenvalue weighted by Gasteiger charge is -2.06. The van der Waals surface area contributed by atoms with Crippen molar-refractivity contribution >= 4 is 26.7 Å². The molecule has 0 saturated heterocycles. The third-order valence-corrected chi connectivity index (χ3v) is 4.79. The van der Waals surface area contributed by atoms with Crippen molar-refractivity contribution in [3.8, 4) is 5.75 Å². The Labute approximate surface area is 146 Å². The van der Waals surface area contributed by atoms with Crippen LogP contribution in [0.5, 0.6) is 5.75 Å². The average Bonchev–Trinajstić information content (AvgIpc) is 3.05. The minimum Gasteiger partial charge on any atom is -0.494 e. The first kappa shape index (κ1) is 17.0. The summed E-state index contributed by atoms with van der Waals surface area (Å²) in [6.07, 6.45) is 0. The molecule has 130 valence electrons. The Morgan fingerprint density at radius 3 is 2.56 bits per heavy atom. The van der Waals surface area contributed by atoms with Gasteiger partial charge in [0.05, 0.1) is 11.5 Å². The normalized spacial score (nSPS) is 12.3. The Balaban J connectivity index is 1.78. The Hall–Kier alpha value is -2.80. The molecule has 1 aromatic heterocycles. The van der Waals surface area contributed by atoms with E-state index in [2.05, 4.69) is 9.93 Å². The average molecular weight is 358 g/mol. The van der Waals surface area contributed by atoms with E-state index in [1.165, 1.54) is 12.1 Å². The largest absolute Gasteiger partial charge is 0.494 e. The Morgan fingerprint density at radius 2 is 1.88 bits per heavy atom. The van der Waals surface area contributed by atoms with Crippen molar-refractivity contribution in [2.75, 3.05) is 6.61 Å². The van der Waals surface area contributed by atoms with Gasteiger partial charge in [0, 0.05) is 5.39 Å². The number of furan rings is 1. The lowest BCUT2D eigenvalue weighted by Crippen LogP contribution is -2.19. The monoisotopic (exact) mass is 358 g/mol. The van der Waals surface area contributed by atoms with E-state index in [1.54, 1.807) is 19.1 Å². The highest BCUT2D eigenvalue weighted by molar-refractivity contribution is 7.89. The van der Waals surface area contributed by atoms with Crippen LogP contribution in [0.2, 0.25) is 0 Å². The standard InChI is InChI=1S/C18H18N2O4S/c1-3-23-15-8-10-16(11-9-15)25(21,22)20-19-13(2)18-12-14-6-4-5-7-17(14)24-18/h4-12,20H,3H2,1-2H3. The summed E-state index contributed by atoms with van der Waals surface area (Å²) < 4.78 is 35.6. The van der Waals surface area contributed by atoms with E-state index in [0.29, 0.717) is 23.8 Å². The second kappa shape index (κ2) is 6.98. The molecule has 0 aliphatic carbocycles. The van der Waals surface area contributed by atoms with Crippen molar-refractivity contribution in [3.05, 3.63) is 60.4 Å². The van der Waals surface area contributed by atoms with Crippen LogP contribution in [-0.2, 0) is 10.0 Å². The van der Waals surface area contributed by atoms with Gasteiger partial charge in [-0.15, -0.1) is 0 Å². The second-order valence-corrected chi connectivity index (χ2v) is 7.01. The zero-order chi connectivity index (χ0) is 17.9. The van der Waals surface area contributed by atoms with Gasteiger partial charge in [-0.3, -0.25) is 0 Å². The van der Waals surface area contributed by atoms with Gasteiger partial charge in [-0.1, -0.05) is 18.2 Å². The predicted molar refractivity (Wildman–Crippen MR) is 96.4 cm³/mol. The molecule has 0 saturated carbocycles. The maximum atomic E-state index is 12.3. The number of sulfonamides is 1. The number of ether oxygens (including phenoxy) is 1. The van der Waals surface area contributed by atoms with Gasteiger partial charge in [0.2, 0.25) is 0 Å². The van der Waals surface area contributed by atoms with Crippen molar-refractivity contribution in [1.82, 2.24) is 4.83 Å². The topological polar surface area (TPSA) is 80.9 Å². The summed E-state index contributed by atoms with van der Waals surface area (Å²) in [6.45, 7) is 4.06. The molecule has 1 N–H and O–H groups in total. The van der Waals surface area contributed by atoms with Crippen LogP contribution in [-0.4, -0.2) is 20.7 Å². The summed E-state index contributed by atoms with van der Waals surface area (Å²) in [4.78, 5) is 2.34. The molecule has 0 spiro atoms. The Kier molecular flexibility index (Phi) is 4.76. The Bertz CT molecular complexity index is 972. The number of rotatable bonds is 6. The fraction of sp³-hybridized carbons (Fsp3) is 0.167. The van der Waals surface area contributed by atoms with Gasteiger partial charge in [-0.05, 0) is 50.2 Å². The maximum Gasteiger partial charge on any atom is 0.276 e. The Morgan fingerprint density at radius 1 is 1.16 bits per heavy atom. The molecule has 25 heavy (non-hydrogen) atoms. The molecule has 0 unspecified atom stereocenters. The SMILES string of the molecule is CCOc1ccc(S(=O)(=O)NN=C(C)c2cc3ccccc3o2)cc1. The molecule has 1 heterocycles. The first-order valence-corrected chi connectivity index (χ1v) is 9.26. The van der Waals surface area contributed by atoms with Crippen molar-refractivity contribution in [2.24, 2.45) is 5.10 Å². The van der Waals surface area contributed by atoms with Crippen LogP contribution in [0.1, 0.15) is 19.6 Å². The first-order valence-electron chi connectivity index (χ1n) is 7.77. The van der Waals surface area contributed by atoms with Gasteiger partial charge < -0.3 is 9.15 Å². The molecule has 0 radical (unpaired) electrons. The lowest BCUT2D eigenvalue weighted by atomic mass is 10.2. The summed E-state index contributed by atoms with van der Waals surface area (Å²) >= 11 is 0. The molecular formula is C18H18N2O4S. The fourth-order valence-electron chi connectivity index (χ4n) is 2.28. The third-order valence-electron chi connectivity index (χ3n) is 3.56. The molecule has 0 atom stereocenters. The van der Waals surface area contributed by atoms with Gasteiger partial charge in [-0.25, -0.2) is 0 Å². The van der Waals surface area contributed by atoms with Gasteiger partial charge in [-0.2, -0.15) is 18.4 Å². The van der Waals surface area contributed by atoms with E-state index >= 15 is 0 Å². The lowest BCUT2D eigenvalue weighted by molar-refractivity contribution is 0.340. The summed E-state index contributed by atoms with van der Waals surface area (Å²) in [5, 5.41) is 4.88. The molecule has 0 aliphatic heterocycles. The van der Waals surface area contributed by atoms with Crippen LogP contribution < -0.4 is 9.57 Å². The van der Waals surface area contributed by atoms with Gasteiger partial charge >= 0.3 is 0 Å². The van der Waals surface area contributed by atoms with Crippen molar-refractivity contribution in [2.45, 2.75) is 18.7 Å². The van der Waals surface area contributed by atoms with Crippen LogP contribution >= 0.6 is 0 Å². The minimum atomic E-state index is -3.76.